The molecule has 1 saturated carbocycles. The summed E-state index contributed by atoms with van der Waals surface area (Å²) in [5, 5.41) is 0. The molecule has 4 aliphatic heterocycles. The van der Waals surface area contributed by atoms with E-state index in [1.54, 1.807) is 12.1 Å². The first-order valence-corrected chi connectivity index (χ1v) is 24.0. The highest BCUT2D eigenvalue weighted by Gasteiger charge is 2.59. The van der Waals surface area contributed by atoms with Gasteiger partial charge in [0, 0.05) is 56.3 Å². The van der Waals surface area contributed by atoms with Crippen LogP contribution in [-0.2, 0) is 21.7 Å². The number of hydrogen-bond acceptors (Lipinski definition) is 3. The van der Waals surface area contributed by atoms with Crippen molar-refractivity contribution >= 4 is 68.6 Å². The summed E-state index contributed by atoms with van der Waals surface area (Å²) in [4.78, 5) is 7.84. The molecule has 0 spiro atoms. The van der Waals surface area contributed by atoms with Crippen molar-refractivity contribution in [1.29, 1.82) is 0 Å². The summed E-state index contributed by atoms with van der Waals surface area (Å²) in [5.74, 6) is -0.234. The Labute approximate surface area is 386 Å². The summed E-state index contributed by atoms with van der Waals surface area (Å²) in [6.07, 6.45) is 4.70. The second kappa shape index (κ2) is 13.5. The van der Waals surface area contributed by atoms with Crippen molar-refractivity contribution in [3.05, 3.63) is 185 Å². The lowest BCUT2D eigenvalue weighted by Gasteiger charge is -2.53. The van der Waals surface area contributed by atoms with Crippen LogP contribution >= 0.6 is 0 Å². The minimum absolute atomic E-state index is 0.0117. The molecule has 0 aromatic heterocycles. The fourth-order valence-electron chi connectivity index (χ4n) is 13.2. The van der Waals surface area contributed by atoms with Gasteiger partial charge in [0.25, 0.3) is 6.71 Å². The molecule has 5 heteroatoms. The Balaban J connectivity index is 1.25. The van der Waals surface area contributed by atoms with Gasteiger partial charge in [0.1, 0.15) is 5.82 Å². The van der Waals surface area contributed by atoms with Crippen molar-refractivity contribution in [2.45, 2.75) is 115 Å². The third-order valence-electron chi connectivity index (χ3n) is 16.8. The van der Waals surface area contributed by atoms with Crippen LogP contribution in [0.5, 0.6) is 0 Å². The summed E-state index contributed by atoms with van der Waals surface area (Å²) in [6.45, 7) is 21.5. The number of hydrogen-bond donors (Lipinski definition) is 0. The third kappa shape index (κ3) is 5.42. The summed E-state index contributed by atoms with van der Waals surface area (Å²) >= 11 is 0. The van der Waals surface area contributed by atoms with Gasteiger partial charge in [-0.15, -0.1) is 0 Å². The van der Waals surface area contributed by atoms with Crippen molar-refractivity contribution < 1.29 is 4.39 Å². The molecule has 3 atom stereocenters. The second-order valence-corrected chi connectivity index (χ2v) is 22.4. The maximum Gasteiger partial charge on any atom is 0.252 e. The summed E-state index contributed by atoms with van der Waals surface area (Å²) in [5.41, 5.74) is 20.7. The van der Waals surface area contributed by atoms with E-state index >= 15 is 4.39 Å². The molecule has 0 bridgehead atoms. The molecule has 5 aliphatic rings. The van der Waals surface area contributed by atoms with Gasteiger partial charge in [0.15, 0.2) is 0 Å². The van der Waals surface area contributed by atoms with Gasteiger partial charge in [-0.3, -0.25) is 0 Å². The van der Waals surface area contributed by atoms with Crippen LogP contribution in [0.4, 0.5) is 49.9 Å². The molecule has 7 aromatic rings. The molecule has 3 unspecified atom stereocenters. The number of rotatable bonds is 4. The Kier molecular flexibility index (Phi) is 8.40. The summed E-state index contributed by atoms with van der Waals surface area (Å²) in [7, 11) is 0. The number of fused-ring (bicyclic) bond motifs is 3. The third-order valence-corrected chi connectivity index (χ3v) is 16.8. The minimum Gasteiger partial charge on any atom is -0.334 e. The van der Waals surface area contributed by atoms with Gasteiger partial charge in [0.05, 0.1) is 5.54 Å². The Bertz CT molecular complexity index is 3070. The van der Waals surface area contributed by atoms with Crippen LogP contribution in [0.15, 0.2) is 146 Å². The molecular formula is C60H59BFN3. The molecule has 0 saturated heterocycles. The Morgan fingerprint density at radius 3 is 1.60 bits per heavy atom. The van der Waals surface area contributed by atoms with Crippen molar-refractivity contribution in [2.75, 3.05) is 14.7 Å². The fraction of sp³-hybridized carbons (Fsp3) is 0.300. The Morgan fingerprint density at radius 2 is 1.00 bits per heavy atom. The molecule has 324 valence electrons. The molecule has 65 heavy (non-hydrogen) atoms. The van der Waals surface area contributed by atoms with Gasteiger partial charge in [-0.05, 0) is 154 Å². The molecule has 1 aliphatic carbocycles. The average Bonchev–Trinajstić information content (AvgIpc) is 3.50. The van der Waals surface area contributed by atoms with E-state index in [1.807, 2.05) is 12.1 Å². The van der Waals surface area contributed by atoms with Gasteiger partial charge in [0.2, 0.25) is 0 Å². The Morgan fingerprint density at radius 1 is 0.477 bits per heavy atom. The van der Waals surface area contributed by atoms with E-state index in [0.29, 0.717) is 0 Å². The van der Waals surface area contributed by atoms with Crippen LogP contribution in [0.1, 0.15) is 121 Å². The largest absolute Gasteiger partial charge is 0.334 e. The average molecular weight is 852 g/mol. The monoisotopic (exact) mass is 851 g/mol. The standard InChI is InChI=1S/C60H59BFN3/c1-56(2,3)39-33-40(57(4,5)6)35-43(34-39)64-50-26-18-23-47-54(50)61-53-46(60(47,9)38-19-11-10-12-20-38)22-17-25-49(53)63(42-29-27-41(62)28-30-42)51-36-44(37-52(64)55(51)61)65-48-24-14-13-21-45(48)58(7)31-15-16-32-59(58,65)8/h10-14,17-30,33-37H,15-16,31-32H2,1-9H3. The van der Waals surface area contributed by atoms with E-state index in [-0.39, 0.29) is 34.3 Å². The molecule has 4 heterocycles. The number of benzene rings is 7. The van der Waals surface area contributed by atoms with Gasteiger partial charge < -0.3 is 14.7 Å². The van der Waals surface area contributed by atoms with E-state index in [0.717, 1.165) is 29.9 Å². The van der Waals surface area contributed by atoms with Gasteiger partial charge in [-0.2, -0.15) is 0 Å². The quantitative estimate of drug-likeness (QED) is 0.163. The minimum atomic E-state index is -0.452. The van der Waals surface area contributed by atoms with E-state index in [9.17, 15) is 0 Å². The predicted molar refractivity (Wildman–Crippen MR) is 273 cm³/mol. The van der Waals surface area contributed by atoms with Gasteiger partial charge in [-0.25, -0.2) is 4.39 Å². The molecule has 12 rings (SSSR count). The Hall–Kier alpha value is -6.07. The van der Waals surface area contributed by atoms with E-state index < -0.39 is 5.41 Å². The maximum atomic E-state index is 15.0. The molecule has 0 N–H and O–H groups in total. The number of nitrogens with zero attached hydrogens (tertiary/aromatic N) is 3. The van der Waals surface area contributed by atoms with E-state index in [4.69, 9.17) is 0 Å². The van der Waals surface area contributed by atoms with Crippen LogP contribution in [-0.4, -0.2) is 12.3 Å². The number of halogens is 1. The topological polar surface area (TPSA) is 9.72 Å². The van der Waals surface area contributed by atoms with Crippen LogP contribution in [0, 0.1) is 5.82 Å². The number of anilines is 8. The van der Waals surface area contributed by atoms with Crippen LogP contribution in [0.2, 0.25) is 0 Å². The lowest BCUT2D eigenvalue weighted by molar-refractivity contribution is 0.195. The van der Waals surface area contributed by atoms with Crippen LogP contribution in [0.3, 0.4) is 0 Å². The zero-order chi connectivity index (χ0) is 45.0. The first-order chi connectivity index (χ1) is 31.0. The molecule has 1 fully saturated rings. The smallest absolute Gasteiger partial charge is 0.252 e. The summed E-state index contributed by atoms with van der Waals surface area (Å²) < 4.78 is 15.0. The first-order valence-electron chi connectivity index (χ1n) is 24.0. The zero-order valence-electron chi connectivity index (χ0n) is 39.5. The molecule has 0 amide bonds. The second-order valence-electron chi connectivity index (χ2n) is 22.4. The fourth-order valence-corrected chi connectivity index (χ4v) is 13.2. The number of para-hydroxylation sites is 1. The van der Waals surface area contributed by atoms with E-state index in [2.05, 4.69) is 198 Å². The highest BCUT2D eigenvalue weighted by molar-refractivity contribution is 7.01. The lowest BCUT2D eigenvalue weighted by Crippen LogP contribution is -2.67. The highest BCUT2D eigenvalue weighted by Crippen LogP contribution is 2.62. The van der Waals surface area contributed by atoms with Crippen LogP contribution in [0.25, 0.3) is 0 Å². The van der Waals surface area contributed by atoms with Gasteiger partial charge >= 0.3 is 0 Å². The van der Waals surface area contributed by atoms with Crippen molar-refractivity contribution in [3.8, 4) is 0 Å². The van der Waals surface area contributed by atoms with E-state index in [1.165, 1.54) is 91.0 Å². The molecular weight excluding hydrogens is 792 g/mol. The SMILES string of the molecule is CC(C)(C)c1cc(N2c3cc(N4c5ccccc5C5(C)CCCCC45C)cc4c3B3c5c(cccc5C(C)(c5ccccc5)c5cccc2c53)N4c2ccc(F)cc2)cc(C(C)(C)C)c1. The normalized spacial score (nSPS) is 22.4. The zero-order valence-corrected chi connectivity index (χ0v) is 39.5. The molecule has 0 radical (unpaired) electrons. The van der Waals surface area contributed by atoms with Crippen molar-refractivity contribution in [2.24, 2.45) is 0 Å². The first kappa shape index (κ1) is 40.4. The summed E-state index contributed by atoms with van der Waals surface area (Å²) in [6, 6.07) is 54.0. The molecule has 7 aromatic carbocycles. The predicted octanol–water partition coefficient (Wildman–Crippen LogP) is 13.9. The van der Waals surface area contributed by atoms with Crippen LogP contribution < -0.4 is 31.1 Å². The van der Waals surface area contributed by atoms with Gasteiger partial charge in [-0.1, -0.05) is 140 Å². The lowest BCUT2D eigenvalue weighted by atomic mass is 9.28. The van der Waals surface area contributed by atoms with Crippen molar-refractivity contribution in [3.63, 3.8) is 0 Å². The highest BCUT2D eigenvalue weighted by atomic mass is 19.1. The molecule has 3 nitrogen and oxygen atoms in total. The van der Waals surface area contributed by atoms with Crippen molar-refractivity contribution in [1.82, 2.24) is 0 Å². The maximum absolute atomic E-state index is 15.0.